The highest BCUT2D eigenvalue weighted by Gasteiger charge is 2.17. The van der Waals surface area contributed by atoms with Gasteiger partial charge in [0.15, 0.2) is 5.78 Å². The lowest BCUT2D eigenvalue weighted by Crippen LogP contribution is -2.32. The van der Waals surface area contributed by atoms with Crippen LogP contribution in [0.4, 0.5) is 5.69 Å². The summed E-state index contributed by atoms with van der Waals surface area (Å²) in [5.41, 5.74) is 12.1. The molecule has 0 bridgehead atoms. The molecule has 0 aliphatic heterocycles. The van der Waals surface area contributed by atoms with E-state index in [2.05, 4.69) is 4.98 Å². The van der Waals surface area contributed by atoms with E-state index in [9.17, 15) is 4.79 Å². The molecule has 0 spiro atoms. The molecule has 15 heavy (non-hydrogen) atoms. The standard InChI is InChI=1S/C10H15N3O2/c1-15-5-3-9(12)10(14)7-6-13-4-2-8(7)11/h2,4,6,9H,3,5,12H2,1H3,(H2,11,13). The molecule has 1 heterocycles. The second kappa shape index (κ2) is 5.43. The summed E-state index contributed by atoms with van der Waals surface area (Å²) in [4.78, 5) is 15.6. The monoisotopic (exact) mass is 209 g/mol. The number of ether oxygens (including phenoxy) is 1. The summed E-state index contributed by atoms with van der Waals surface area (Å²) >= 11 is 0. The Hall–Kier alpha value is -1.46. The number of anilines is 1. The lowest BCUT2D eigenvalue weighted by molar-refractivity contribution is 0.0936. The summed E-state index contributed by atoms with van der Waals surface area (Å²) in [7, 11) is 1.57. The van der Waals surface area contributed by atoms with Gasteiger partial charge >= 0.3 is 0 Å². The molecular weight excluding hydrogens is 194 g/mol. The number of hydrogen-bond donors (Lipinski definition) is 2. The van der Waals surface area contributed by atoms with Crippen LogP contribution in [0.1, 0.15) is 16.8 Å². The zero-order valence-electron chi connectivity index (χ0n) is 8.64. The molecule has 4 N–H and O–H groups in total. The molecule has 0 fully saturated rings. The lowest BCUT2D eigenvalue weighted by atomic mass is 10.0. The largest absolute Gasteiger partial charge is 0.398 e. The minimum atomic E-state index is -0.587. The summed E-state index contributed by atoms with van der Waals surface area (Å²) in [5, 5.41) is 0. The third-order valence-corrected chi connectivity index (χ3v) is 2.09. The van der Waals surface area contributed by atoms with E-state index in [4.69, 9.17) is 16.2 Å². The minimum absolute atomic E-state index is 0.197. The van der Waals surface area contributed by atoms with Crippen molar-refractivity contribution >= 4 is 11.5 Å². The van der Waals surface area contributed by atoms with Gasteiger partial charge in [-0.1, -0.05) is 0 Å². The molecule has 0 aliphatic rings. The van der Waals surface area contributed by atoms with Crippen molar-refractivity contribution in [1.29, 1.82) is 0 Å². The zero-order chi connectivity index (χ0) is 11.3. The first-order chi connectivity index (χ1) is 7.16. The average Bonchev–Trinajstić information content (AvgIpc) is 2.25. The van der Waals surface area contributed by atoms with Crippen LogP contribution in [0.25, 0.3) is 0 Å². The van der Waals surface area contributed by atoms with Gasteiger partial charge in [-0.2, -0.15) is 0 Å². The maximum absolute atomic E-state index is 11.8. The van der Waals surface area contributed by atoms with Gasteiger partial charge in [-0.05, 0) is 12.5 Å². The van der Waals surface area contributed by atoms with Crippen molar-refractivity contribution in [2.24, 2.45) is 5.73 Å². The molecule has 0 amide bonds. The number of aromatic nitrogens is 1. The SMILES string of the molecule is COCCC(N)C(=O)c1cnccc1N. The molecule has 0 saturated carbocycles. The van der Waals surface area contributed by atoms with Gasteiger partial charge < -0.3 is 16.2 Å². The van der Waals surface area contributed by atoms with Gasteiger partial charge in [0.05, 0.1) is 11.6 Å². The predicted octanol–water partition coefficient (Wildman–Crippen LogP) is 0.210. The van der Waals surface area contributed by atoms with E-state index in [1.54, 1.807) is 13.2 Å². The van der Waals surface area contributed by atoms with Crippen LogP contribution in [-0.2, 0) is 4.74 Å². The molecule has 0 radical (unpaired) electrons. The molecule has 5 nitrogen and oxygen atoms in total. The molecular formula is C10H15N3O2. The van der Waals surface area contributed by atoms with E-state index in [1.165, 1.54) is 12.4 Å². The fourth-order valence-corrected chi connectivity index (χ4v) is 1.19. The van der Waals surface area contributed by atoms with Crippen molar-refractivity contribution in [2.45, 2.75) is 12.5 Å². The fourth-order valence-electron chi connectivity index (χ4n) is 1.19. The highest BCUT2D eigenvalue weighted by atomic mass is 16.5. The van der Waals surface area contributed by atoms with Gasteiger partial charge in [-0.25, -0.2) is 0 Å². The number of rotatable bonds is 5. The number of pyridine rings is 1. The van der Waals surface area contributed by atoms with E-state index in [0.717, 1.165) is 0 Å². The Morgan fingerprint density at radius 1 is 1.67 bits per heavy atom. The van der Waals surface area contributed by atoms with E-state index in [1.807, 2.05) is 0 Å². The summed E-state index contributed by atoms with van der Waals surface area (Å²) in [6.45, 7) is 0.451. The van der Waals surface area contributed by atoms with Crippen LogP contribution >= 0.6 is 0 Å². The number of hydrogen-bond acceptors (Lipinski definition) is 5. The zero-order valence-corrected chi connectivity index (χ0v) is 8.64. The fraction of sp³-hybridized carbons (Fsp3) is 0.400. The van der Waals surface area contributed by atoms with Gasteiger partial charge in [0.25, 0.3) is 0 Å². The first-order valence-corrected chi connectivity index (χ1v) is 4.65. The molecule has 0 aromatic carbocycles. The number of carbonyl (C=O) groups excluding carboxylic acids is 1. The molecule has 1 unspecified atom stereocenters. The Balaban J connectivity index is 2.72. The van der Waals surface area contributed by atoms with Gasteiger partial charge in [0, 0.05) is 31.8 Å². The van der Waals surface area contributed by atoms with Crippen LogP contribution in [-0.4, -0.2) is 30.5 Å². The highest BCUT2D eigenvalue weighted by molar-refractivity contribution is 6.03. The van der Waals surface area contributed by atoms with Crippen LogP contribution in [0.3, 0.4) is 0 Å². The maximum atomic E-state index is 11.8. The third-order valence-electron chi connectivity index (χ3n) is 2.09. The molecule has 5 heteroatoms. The Kier molecular flexibility index (Phi) is 4.20. The molecule has 82 valence electrons. The smallest absolute Gasteiger partial charge is 0.183 e. The van der Waals surface area contributed by atoms with Crippen LogP contribution in [0.15, 0.2) is 18.5 Å². The predicted molar refractivity (Wildman–Crippen MR) is 57.4 cm³/mol. The molecule has 1 atom stereocenters. The Bertz CT molecular complexity index is 341. The molecule has 1 aromatic rings. The van der Waals surface area contributed by atoms with Gasteiger partial charge in [0.1, 0.15) is 0 Å². The van der Waals surface area contributed by atoms with E-state index in [0.29, 0.717) is 24.3 Å². The molecule has 0 aliphatic carbocycles. The van der Waals surface area contributed by atoms with Crippen LogP contribution in [0, 0.1) is 0 Å². The normalized spacial score (nSPS) is 12.4. The Morgan fingerprint density at radius 3 is 3.00 bits per heavy atom. The number of nitrogens with zero attached hydrogens (tertiary/aromatic N) is 1. The second-order valence-corrected chi connectivity index (χ2v) is 3.22. The van der Waals surface area contributed by atoms with Crippen LogP contribution in [0.2, 0.25) is 0 Å². The van der Waals surface area contributed by atoms with Crippen molar-refractivity contribution in [3.05, 3.63) is 24.0 Å². The number of nitrogens with two attached hydrogens (primary N) is 2. The third kappa shape index (κ3) is 3.00. The van der Waals surface area contributed by atoms with Gasteiger partial charge in [0.2, 0.25) is 0 Å². The summed E-state index contributed by atoms with van der Waals surface area (Å²) in [6.07, 6.45) is 3.45. The number of ketones is 1. The van der Waals surface area contributed by atoms with Crippen molar-refractivity contribution in [1.82, 2.24) is 4.98 Å². The van der Waals surface area contributed by atoms with Crippen LogP contribution < -0.4 is 11.5 Å². The number of carbonyl (C=O) groups is 1. The maximum Gasteiger partial charge on any atom is 0.183 e. The Morgan fingerprint density at radius 2 is 2.40 bits per heavy atom. The van der Waals surface area contributed by atoms with Crippen LogP contribution in [0.5, 0.6) is 0 Å². The number of nitrogen functional groups attached to an aromatic ring is 1. The van der Waals surface area contributed by atoms with Crippen molar-refractivity contribution in [2.75, 3.05) is 19.5 Å². The lowest BCUT2D eigenvalue weighted by Gasteiger charge is -2.10. The van der Waals surface area contributed by atoms with E-state index < -0.39 is 6.04 Å². The molecule has 1 rings (SSSR count). The topological polar surface area (TPSA) is 91.2 Å². The molecule has 1 aromatic heterocycles. The minimum Gasteiger partial charge on any atom is -0.398 e. The first-order valence-electron chi connectivity index (χ1n) is 4.65. The first kappa shape index (κ1) is 11.6. The second-order valence-electron chi connectivity index (χ2n) is 3.22. The van der Waals surface area contributed by atoms with Crippen molar-refractivity contribution in [3.8, 4) is 0 Å². The van der Waals surface area contributed by atoms with E-state index >= 15 is 0 Å². The summed E-state index contributed by atoms with van der Waals surface area (Å²) in [5.74, 6) is -0.197. The van der Waals surface area contributed by atoms with Crippen molar-refractivity contribution in [3.63, 3.8) is 0 Å². The van der Waals surface area contributed by atoms with Gasteiger partial charge in [-0.3, -0.25) is 9.78 Å². The van der Waals surface area contributed by atoms with Gasteiger partial charge in [-0.15, -0.1) is 0 Å². The average molecular weight is 209 g/mol. The number of Topliss-reactive ketones (excluding diaryl/α,β-unsaturated/α-hetero) is 1. The van der Waals surface area contributed by atoms with E-state index in [-0.39, 0.29) is 5.78 Å². The summed E-state index contributed by atoms with van der Waals surface area (Å²) in [6, 6.07) is 0.993. The molecule has 0 saturated heterocycles. The number of methoxy groups -OCH3 is 1. The quantitative estimate of drug-likeness (QED) is 0.676. The van der Waals surface area contributed by atoms with Crippen molar-refractivity contribution < 1.29 is 9.53 Å². The highest BCUT2D eigenvalue weighted by Crippen LogP contribution is 2.11. The Labute approximate surface area is 88.4 Å². The summed E-state index contributed by atoms with van der Waals surface area (Å²) < 4.78 is 4.85.